The molecule has 1 N–H and O–H groups in total. The van der Waals surface area contributed by atoms with E-state index in [0.717, 1.165) is 6.08 Å². The van der Waals surface area contributed by atoms with E-state index in [1.54, 1.807) is 6.07 Å². The smallest absolute Gasteiger partial charge is 0.331 e. The van der Waals surface area contributed by atoms with Crippen LogP contribution in [0.4, 0.5) is 10.2 Å². The fourth-order valence-corrected chi connectivity index (χ4v) is 2.37. The maximum atomic E-state index is 13.6. The molecule has 0 unspecified atom stereocenters. The van der Waals surface area contributed by atoms with Crippen LogP contribution >= 0.6 is 23.2 Å². The highest BCUT2D eigenvalue weighted by Crippen LogP contribution is 2.22. The van der Waals surface area contributed by atoms with E-state index in [1.165, 1.54) is 44.5 Å². The summed E-state index contributed by atoms with van der Waals surface area (Å²) in [5.41, 5.74) is 0.430. The third-order valence-corrected chi connectivity index (χ3v) is 3.79. The van der Waals surface area contributed by atoms with Crippen molar-refractivity contribution >= 4 is 47.0 Å². The minimum Gasteiger partial charge on any atom is -0.494 e. The highest BCUT2D eigenvalue weighted by molar-refractivity contribution is 6.36. The highest BCUT2D eigenvalue weighted by atomic mass is 35.5. The highest BCUT2D eigenvalue weighted by Gasteiger charge is 2.18. The van der Waals surface area contributed by atoms with E-state index in [2.05, 4.69) is 10.3 Å². The molecule has 0 spiro atoms. The number of halogens is 3. The van der Waals surface area contributed by atoms with Gasteiger partial charge in [-0.05, 0) is 36.8 Å². The number of aromatic nitrogens is 1. The predicted octanol–water partition coefficient (Wildman–Crippen LogP) is 4.12. The number of nitrogens with zero attached hydrogens (tertiary/aromatic N) is 1. The Hall–Kier alpha value is -2.64. The average Bonchev–Trinajstić information content (AvgIpc) is 2.62. The Morgan fingerprint density at radius 3 is 2.67 bits per heavy atom. The van der Waals surface area contributed by atoms with Gasteiger partial charge in [-0.25, -0.2) is 14.2 Å². The molecular weight excluding hydrogens is 398 g/mol. The molecule has 1 atom stereocenters. The van der Waals surface area contributed by atoms with E-state index in [4.69, 9.17) is 32.7 Å². The van der Waals surface area contributed by atoms with Gasteiger partial charge < -0.3 is 14.8 Å². The molecule has 1 aromatic heterocycles. The number of benzene rings is 1. The zero-order chi connectivity index (χ0) is 20.0. The second-order valence-corrected chi connectivity index (χ2v) is 6.12. The third-order valence-electron chi connectivity index (χ3n) is 3.30. The molecular formula is C18H15Cl2FN2O4. The summed E-state index contributed by atoms with van der Waals surface area (Å²) in [4.78, 5) is 27.8. The van der Waals surface area contributed by atoms with E-state index in [1.807, 2.05) is 0 Å². The standard InChI is InChI=1S/C18H15Cl2FN2O4/c1-10(18(25)23-17-13(20)8-12(19)9-22-17)27-16(24)6-4-11-3-5-15(26-2)14(21)7-11/h3-10H,1-2H3,(H,22,23,25)/b6-4+/t10-/m0/s1. The number of carbonyl (C=O) groups is 2. The molecule has 1 amide bonds. The number of carbonyl (C=O) groups excluding carboxylic acids is 2. The number of hydrogen-bond acceptors (Lipinski definition) is 5. The summed E-state index contributed by atoms with van der Waals surface area (Å²) >= 11 is 11.6. The van der Waals surface area contributed by atoms with Gasteiger partial charge in [-0.2, -0.15) is 0 Å². The molecule has 0 radical (unpaired) electrons. The number of anilines is 1. The number of methoxy groups -OCH3 is 1. The van der Waals surface area contributed by atoms with Crippen molar-refractivity contribution < 1.29 is 23.5 Å². The SMILES string of the molecule is COc1ccc(/C=C/C(=O)O[C@@H](C)C(=O)Nc2ncc(Cl)cc2Cl)cc1F. The lowest BCUT2D eigenvalue weighted by Gasteiger charge is -2.12. The van der Waals surface area contributed by atoms with E-state index in [0.29, 0.717) is 10.6 Å². The Morgan fingerprint density at radius 1 is 1.30 bits per heavy atom. The van der Waals surface area contributed by atoms with Gasteiger partial charge in [0.15, 0.2) is 23.5 Å². The number of esters is 1. The van der Waals surface area contributed by atoms with Crippen molar-refractivity contribution in [1.29, 1.82) is 0 Å². The summed E-state index contributed by atoms with van der Waals surface area (Å²) in [7, 11) is 1.35. The van der Waals surface area contributed by atoms with Crippen LogP contribution in [-0.2, 0) is 14.3 Å². The van der Waals surface area contributed by atoms with Crippen LogP contribution in [0.15, 0.2) is 36.5 Å². The van der Waals surface area contributed by atoms with Crippen molar-refractivity contribution in [2.45, 2.75) is 13.0 Å². The number of amides is 1. The number of pyridine rings is 1. The summed E-state index contributed by atoms with van der Waals surface area (Å²) in [6.45, 7) is 1.39. The minimum absolute atomic E-state index is 0.0921. The number of nitrogens with one attached hydrogen (secondary N) is 1. The lowest BCUT2D eigenvalue weighted by Crippen LogP contribution is -2.29. The van der Waals surface area contributed by atoms with E-state index >= 15 is 0 Å². The number of hydrogen-bond donors (Lipinski definition) is 1. The Bertz CT molecular complexity index is 890. The fourth-order valence-electron chi connectivity index (χ4n) is 1.94. The lowest BCUT2D eigenvalue weighted by atomic mass is 10.2. The Kier molecular flexibility index (Phi) is 7.15. The number of ether oxygens (including phenoxy) is 2. The van der Waals surface area contributed by atoms with E-state index in [9.17, 15) is 14.0 Å². The molecule has 0 aliphatic carbocycles. The molecule has 0 saturated heterocycles. The van der Waals surface area contributed by atoms with Crippen LogP contribution < -0.4 is 10.1 Å². The van der Waals surface area contributed by atoms with Crippen molar-refractivity contribution in [2.75, 3.05) is 12.4 Å². The summed E-state index contributed by atoms with van der Waals surface area (Å²) in [6, 6.07) is 5.61. The van der Waals surface area contributed by atoms with Crippen LogP contribution in [-0.4, -0.2) is 30.1 Å². The maximum Gasteiger partial charge on any atom is 0.331 e. The van der Waals surface area contributed by atoms with Crippen molar-refractivity contribution in [1.82, 2.24) is 4.98 Å². The first-order valence-electron chi connectivity index (χ1n) is 7.64. The van der Waals surface area contributed by atoms with Crippen molar-refractivity contribution in [2.24, 2.45) is 0 Å². The van der Waals surface area contributed by atoms with E-state index in [-0.39, 0.29) is 16.6 Å². The minimum atomic E-state index is -1.11. The van der Waals surface area contributed by atoms with Crippen LogP contribution in [0.5, 0.6) is 5.75 Å². The molecule has 0 saturated carbocycles. The zero-order valence-corrected chi connectivity index (χ0v) is 15.8. The molecule has 142 valence electrons. The van der Waals surface area contributed by atoms with Gasteiger partial charge in [-0.15, -0.1) is 0 Å². The van der Waals surface area contributed by atoms with Crippen LogP contribution in [0.1, 0.15) is 12.5 Å². The molecule has 1 heterocycles. The number of rotatable bonds is 6. The van der Waals surface area contributed by atoms with Gasteiger partial charge in [0.05, 0.1) is 17.2 Å². The van der Waals surface area contributed by atoms with Gasteiger partial charge in [0, 0.05) is 12.3 Å². The molecule has 0 fully saturated rings. The largest absolute Gasteiger partial charge is 0.494 e. The first-order chi connectivity index (χ1) is 12.8. The van der Waals surface area contributed by atoms with Crippen molar-refractivity contribution in [3.8, 4) is 5.75 Å². The molecule has 6 nitrogen and oxygen atoms in total. The monoisotopic (exact) mass is 412 g/mol. The maximum absolute atomic E-state index is 13.6. The third kappa shape index (κ3) is 5.94. The topological polar surface area (TPSA) is 77.5 Å². The van der Waals surface area contributed by atoms with E-state index < -0.39 is 23.8 Å². The zero-order valence-electron chi connectivity index (χ0n) is 14.3. The molecule has 2 aromatic rings. The summed E-state index contributed by atoms with van der Waals surface area (Å²) in [5.74, 6) is -1.77. The van der Waals surface area contributed by atoms with Crippen LogP contribution in [0, 0.1) is 5.82 Å². The predicted molar refractivity (Wildman–Crippen MR) is 100 cm³/mol. The van der Waals surface area contributed by atoms with Crippen LogP contribution in [0.2, 0.25) is 10.0 Å². The van der Waals surface area contributed by atoms with Crippen molar-refractivity contribution in [3.63, 3.8) is 0 Å². The molecule has 1 aromatic carbocycles. The summed E-state index contributed by atoms with van der Waals surface area (Å²) in [6.07, 6.45) is 2.64. The van der Waals surface area contributed by atoms with Crippen LogP contribution in [0.25, 0.3) is 6.08 Å². The van der Waals surface area contributed by atoms with Crippen molar-refractivity contribution in [3.05, 3.63) is 58.0 Å². The molecule has 2 rings (SSSR count). The molecule has 0 bridgehead atoms. The molecule has 0 aliphatic rings. The lowest BCUT2D eigenvalue weighted by molar-refractivity contribution is -0.148. The second-order valence-electron chi connectivity index (χ2n) is 5.28. The average molecular weight is 413 g/mol. The second kappa shape index (κ2) is 9.34. The quantitative estimate of drug-likeness (QED) is 0.570. The first-order valence-corrected chi connectivity index (χ1v) is 8.40. The Labute approximate surface area is 164 Å². The first kappa shape index (κ1) is 20.7. The molecule has 27 heavy (non-hydrogen) atoms. The van der Waals surface area contributed by atoms with Gasteiger partial charge in [-0.3, -0.25) is 4.79 Å². The normalized spacial score (nSPS) is 11.9. The Morgan fingerprint density at radius 2 is 2.04 bits per heavy atom. The van der Waals surface area contributed by atoms with Crippen LogP contribution in [0.3, 0.4) is 0 Å². The molecule has 0 aliphatic heterocycles. The Balaban J connectivity index is 1.94. The van der Waals surface area contributed by atoms with Gasteiger partial charge >= 0.3 is 5.97 Å². The fraction of sp³-hybridized carbons (Fsp3) is 0.167. The summed E-state index contributed by atoms with van der Waals surface area (Å²) in [5, 5.41) is 2.90. The summed E-state index contributed by atoms with van der Waals surface area (Å²) < 4.78 is 23.4. The van der Waals surface area contributed by atoms with Gasteiger partial charge in [0.1, 0.15) is 0 Å². The van der Waals surface area contributed by atoms with Gasteiger partial charge in [0.25, 0.3) is 5.91 Å². The van der Waals surface area contributed by atoms with Gasteiger partial charge in [-0.1, -0.05) is 29.3 Å². The van der Waals surface area contributed by atoms with Gasteiger partial charge in [0.2, 0.25) is 0 Å². The molecule has 9 heteroatoms.